The maximum absolute atomic E-state index is 13.3. The van der Waals surface area contributed by atoms with Crippen LogP contribution in [-0.4, -0.2) is 27.7 Å². The predicted molar refractivity (Wildman–Crippen MR) is 115 cm³/mol. The third kappa shape index (κ3) is 2.92. The standard InChI is InChI=1S/C23H18ClN3O3/c1-30-20-5-3-2-4-16(20)13-10-17-18(19(28)11-13)12-25-22-21(17)23(29)27(26-22)15-8-6-14(24)7-9-15/h2-9,12-13H,10-11H2,1H3,(H,25,26). The van der Waals surface area contributed by atoms with E-state index in [9.17, 15) is 9.59 Å². The van der Waals surface area contributed by atoms with Gasteiger partial charge in [-0.05, 0) is 53.8 Å². The lowest BCUT2D eigenvalue weighted by atomic mass is 9.79. The summed E-state index contributed by atoms with van der Waals surface area (Å²) < 4.78 is 6.93. The molecule has 150 valence electrons. The van der Waals surface area contributed by atoms with Crippen molar-refractivity contribution in [2.45, 2.75) is 18.8 Å². The number of hydrogen-bond donors (Lipinski definition) is 1. The van der Waals surface area contributed by atoms with E-state index in [-0.39, 0.29) is 17.3 Å². The van der Waals surface area contributed by atoms with Crippen molar-refractivity contribution in [3.05, 3.63) is 86.8 Å². The first-order chi connectivity index (χ1) is 14.6. The van der Waals surface area contributed by atoms with E-state index in [1.54, 1.807) is 37.6 Å². The van der Waals surface area contributed by atoms with Crippen LogP contribution >= 0.6 is 11.6 Å². The first-order valence-corrected chi connectivity index (χ1v) is 9.99. The largest absolute Gasteiger partial charge is 0.496 e. The smallest absolute Gasteiger partial charge is 0.281 e. The van der Waals surface area contributed by atoms with Gasteiger partial charge in [0.25, 0.3) is 5.56 Å². The summed E-state index contributed by atoms with van der Waals surface area (Å²) in [4.78, 5) is 30.6. The zero-order chi connectivity index (χ0) is 20.8. The van der Waals surface area contributed by atoms with Crippen LogP contribution in [-0.2, 0) is 6.42 Å². The van der Waals surface area contributed by atoms with Crippen molar-refractivity contribution < 1.29 is 9.53 Å². The second-order valence-corrected chi connectivity index (χ2v) is 7.81. The minimum absolute atomic E-state index is 0.0137. The van der Waals surface area contributed by atoms with Crippen LogP contribution < -0.4 is 10.3 Å². The summed E-state index contributed by atoms with van der Waals surface area (Å²) in [5.74, 6) is 0.668. The molecule has 1 unspecified atom stereocenters. The number of para-hydroxylation sites is 1. The number of ketones is 1. The summed E-state index contributed by atoms with van der Waals surface area (Å²) in [6.45, 7) is 0. The van der Waals surface area contributed by atoms with E-state index < -0.39 is 0 Å². The number of fused-ring (bicyclic) bond motifs is 3. The van der Waals surface area contributed by atoms with Gasteiger partial charge in [0.1, 0.15) is 5.75 Å². The molecule has 1 aliphatic rings. The summed E-state index contributed by atoms with van der Waals surface area (Å²) in [7, 11) is 1.62. The molecule has 5 rings (SSSR count). The lowest BCUT2D eigenvalue weighted by molar-refractivity contribution is 0.0964. The van der Waals surface area contributed by atoms with E-state index in [1.807, 2.05) is 24.3 Å². The molecule has 0 bridgehead atoms. The van der Waals surface area contributed by atoms with E-state index >= 15 is 0 Å². The van der Waals surface area contributed by atoms with Gasteiger partial charge in [-0.25, -0.2) is 9.67 Å². The highest BCUT2D eigenvalue weighted by Crippen LogP contribution is 2.38. The number of aromatic amines is 1. The molecule has 1 N–H and O–H groups in total. The Balaban J connectivity index is 1.67. The molecule has 6 nitrogen and oxygen atoms in total. The second-order valence-electron chi connectivity index (χ2n) is 7.37. The summed E-state index contributed by atoms with van der Waals surface area (Å²) >= 11 is 5.97. The van der Waals surface area contributed by atoms with Crippen LogP contribution in [0.4, 0.5) is 0 Å². The number of Topliss-reactive ketones (excluding diaryl/α,β-unsaturated/α-hetero) is 1. The van der Waals surface area contributed by atoms with E-state index in [0.29, 0.717) is 40.1 Å². The van der Waals surface area contributed by atoms with Crippen molar-refractivity contribution >= 4 is 28.4 Å². The van der Waals surface area contributed by atoms with Crippen molar-refractivity contribution in [3.63, 3.8) is 0 Å². The molecule has 1 atom stereocenters. The fourth-order valence-corrected chi connectivity index (χ4v) is 4.36. The Morgan fingerprint density at radius 2 is 1.87 bits per heavy atom. The lowest BCUT2D eigenvalue weighted by Gasteiger charge is -2.25. The maximum atomic E-state index is 13.3. The van der Waals surface area contributed by atoms with Crippen molar-refractivity contribution in [1.82, 2.24) is 14.8 Å². The summed E-state index contributed by atoms with van der Waals surface area (Å²) in [5, 5.41) is 4.10. The van der Waals surface area contributed by atoms with Gasteiger partial charge in [-0.3, -0.25) is 14.7 Å². The third-order valence-corrected chi connectivity index (χ3v) is 5.92. The molecule has 0 spiro atoms. The number of benzene rings is 2. The average molecular weight is 420 g/mol. The van der Waals surface area contributed by atoms with Gasteiger partial charge in [-0.15, -0.1) is 0 Å². The van der Waals surface area contributed by atoms with Crippen molar-refractivity contribution in [2.24, 2.45) is 0 Å². The number of hydrogen-bond acceptors (Lipinski definition) is 4. The van der Waals surface area contributed by atoms with Crippen LogP contribution in [0.5, 0.6) is 5.75 Å². The molecule has 0 saturated carbocycles. The van der Waals surface area contributed by atoms with Gasteiger partial charge in [0.15, 0.2) is 11.4 Å². The maximum Gasteiger partial charge on any atom is 0.281 e. The molecule has 1 aliphatic carbocycles. The van der Waals surface area contributed by atoms with Gasteiger partial charge in [-0.1, -0.05) is 29.8 Å². The molecule has 2 aromatic carbocycles. The molecule has 0 saturated heterocycles. The quantitative estimate of drug-likeness (QED) is 0.537. The molecule has 2 heterocycles. The lowest BCUT2D eigenvalue weighted by Crippen LogP contribution is -2.22. The van der Waals surface area contributed by atoms with Gasteiger partial charge >= 0.3 is 0 Å². The van der Waals surface area contributed by atoms with Gasteiger partial charge < -0.3 is 4.74 Å². The van der Waals surface area contributed by atoms with Crippen LogP contribution in [0.1, 0.15) is 33.8 Å². The Hall–Kier alpha value is -3.38. The fraction of sp³-hybridized carbons (Fsp3) is 0.174. The predicted octanol–water partition coefficient (Wildman–Crippen LogP) is 4.29. The minimum Gasteiger partial charge on any atom is -0.496 e. The third-order valence-electron chi connectivity index (χ3n) is 5.67. The highest BCUT2D eigenvalue weighted by molar-refractivity contribution is 6.30. The molecule has 0 fully saturated rings. The van der Waals surface area contributed by atoms with Crippen LogP contribution in [0.15, 0.2) is 59.5 Å². The SMILES string of the molecule is COc1ccccc1C1CC(=O)c2cnc3[nH]n(-c4ccc(Cl)cc4)c(=O)c3c2C1. The molecule has 30 heavy (non-hydrogen) atoms. The van der Waals surface area contributed by atoms with Gasteiger partial charge in [0.2, 0.25) is 0 Å². The average Bonchev–Trinajstić information content (AvgIpc) is 3.11. The van der Waals surface area contributed by atoms with Crippen LogP contribution in [0.2, 0.25) is 5.02 Å². The van der Waals surface area contributed by atoms with Crippen molar-refractivity contribution in [2.75, 3.05) is 7.11 Å². The number of carbonyl (C=O) groups excluding carboxylic acids is 1. The molecule has 0 aliphatic heterocycles. The highest BCUT2D eigenvalue weighted by Gasteiger charge is 2.31. The Morgan fingerprint density at radius 1 is 1.10 bits per heavy atom. The number of rotatable bonds is 3. The molecular weight excluding hydrogens is 402 g/mol. The summed E-state index contributed by atoms with van der Waals surface area (Å²) in [6, 6.07) is 14.7. The number of pyridine rings is 1. The van der Waals surface area contributed by atoms with E-state index in [4.69, 9.17) is 16.3 Å². The summed E-state index contributed by atoms with van der Waals surface area (Å²) in [6.07, 6.45) is 2.49. The van der Waals surface area contributed by atoms with E-state index in [2.05, 4.69) is 10.1 Å². The molecule has 0 radical (unpaired) electrons. The minimum atomic E-state index is -0.231. The van der Waals surface area contributed by atoms with Gasteiger partial charge in [0, 0.05) is 23.2 Å². The highest BCUT2D eigenvalue weighted by atomic mass is 35.5. The second kappa shape index (κ2) is 7.15. The topological polar surface area (TPSA) is 77.0 Å². The van der Waals surface area contributed by atoms with Gasteiger partial charge in [0.05, 0.1) is 18.2 Å². The van der Waals surface area contributed by atoms with E-state index in [0.717, 1.165) is 16.9 Å². The normalized spacial score (nSPS) is 15.9. The van der Waals surface area contributed by atoms with Crippen molar-refractivity contribution in [1.29, 1.82) is 0 Å². The fourth-order valence-electron chi connectivity index (χ4n) is 4.23. The van der Waals surface area contributed by atoms with Crippen molar-refractivity contribution in [3.8, 4) is 11.4 Å². The van der Waals surface area contributed by atoms with Crippen LogP contribution in [0.3, 0.4) is 0 Å². The number of ether oxygens (including phenoxy) is 1. The zero-order valence-corrected chi connectivity index (χ0v) is 16.9. The van der Waals surface area contributed by atoms with E-state index in [1.165, 1.54) is 4.68 Å². The number of nitrogens with zero attached hydrogens (tertiary/aromatic N) is 2. The molecule has 0 amide bonds. The molecule has 2 aromatic heterocycles. The Morgan fingerprint density at radius 3 is 2.63 bits per heavy atom. The number of aromatic nitrogens is 3. The van der Waals surface area contributed by atoms with Crippen LogP contribution in [0, 0.1) is 0 Å². The summed E-state index contributed by atoms with van der Waals surface area (Å²) in [5.41, 5.74) is 3.11. The zero-order valence-electron chi connectivity index (χ0n) is 16.2. The Labute approximate surface area is 177 Å². The number of H-pyrrole nitrogens is 1. The first kappa shape index (κ1) is 18.6. The van der Waals surface area contributed by atoms with Crippen LogP contribution in [0.25, 0.3) is 16.7 Å². The van der Waals surface area contributed by atoms with Gasteiger partial charge in [-0.2, -0.15) is 0 Å². The molecule has 7 heteroatoms. The first-order valence-electron chi connectivity index (χ1n) is 9.61. The monoisotopic (exact) mass is 419 g/mol. The number of nitrogens with one attached hydrogen (secondary N) is 1. The molecule has 4 aromatic rings. The number of carbonyl (C=O) groups is 1. The Bertz CT molecular complexity index is 1340. The Kier molecular flexibility index (Phi) is 4.44. The molecular formula is C23H18ClN3O3. The number of halogens is 1. The number of methoxy groups -OCH3 is 1.